The summed E-state index contributed by atoms with van der Waals surface area (Å²) in [6.45, 7) is 0. The van der Waals surface area contributed by atoms with Crippen molar-refractivity contribution in [2.45, 2.75) is 10.9 Å². The Morgan fingerprint density at radius 3 is 2.23 bits per heavy atom. The molecule has 0 aliphatic heterocycles. The smallest absolute Gasteiger partial charge is 0.263 e. The molecule has 4 rings (SSSR count). The van der Waals surface area contributed by atoms with Crippen LogP contribution in [-0.4, -0.2) is 43.3 Å². The Morgan fingerprint density at radius 1 is 0.943 bits per heavy atom. The molecular formula is C24H23ClN6O3S. The van der Waals surface area contributed by atoms with Gasteiger partial charge in [0.1, 0.15) is 6.04 Å². The van der Waals surface area contributed by atoms with E-state index in [1.807, 2.05) is 6.07 Å². The first-order valence-corrected chi connectivity index (χ1v) is 12.4. The number of halogens is 1. The molecule has 0 radical (unpaired) electrons. The number of nitrogens with one attached hydrogen (secondary N) is 2. The summed E-state index contributed by atoms with van der Waals surface area (Å²) < 4.78 is 29.2. The number of aromatic nitrogens is 2. The van der Waals surface area contributed by atoms with E-state index in [4.69, 9.17) is 17.3 Å². The molecule has 0 fully saturated rings. The molecule has 0 spiro atoms. The highest BCUT2D eigenvalue weighted by atomic mass is 35.5. The molecule has 1 heterocycles. The van der Waals surface area contributed by atoms with Gasteiger partial charge in [0.15, 0.2) is 11.6 Å². The van der Waals surface area contributed by atoms with Crippen LogP contribution in [0.1, 0.15) is 11.6 Å². The van der Waals surface area contributed by atoms with Crippen LogP contribution in [0.4, 0.5) is 17.3 Å². The number of primary amides is 1. The van der Waals surface area contributed by atoms with Gasteiger partial charge in [0.05, 0.1) is 15.9 Å². The van der Waals surface area contributed by atoms with Gasteiger partial charge in [-0.1, -0.05) is 41.9 Å². The molecule has 11 heteroatoms. The van der Waals surface area contributed by atoms with E-state index in [1.54, 1.807) is 73.6 Å². The molecule has 3 aromatic carbocycles. The van der Waals surface area contributed by atoms with Crippen molar-refractivity contribution < 1.29 is 13.2 Å². The van der Waals surface area contributed by atoms with Crippen LogP contribution < -0.4 is 15.8 Å². The van der Waals surface area contributed by atoms with Gasteiger partial charge in [-0.2, -0.15) is 0 Å². The summed E-state index contributed by atoms with van der Waals surface area (Å²) in [7, 11) is -0.726. The summed E-state index contributed by atoms with van der Waals surface area (Å²) >= 11 is 6.09. The summed E-state index contributed by atoms with van der Waals surface area (Å²) in [5, 5.41) is 3.59. The van der Waals surface area contributed by atoms with Crippen LogP contribution in [0.15, 0.2) is 77.7 Å². The van der Waals surface area contributed by atoms with Gasteiger partial charge in [-0.3, -0.25) is 14.4 Å². The van der Waals surface area contributed by atoms with E-state index in [1.165, 1.54) is 12.1 Å². The number of amides is 1. The first-order chi connectivity index (χ1) is 16.6. The molecule has 4 aromatic rings. The molecule has 1 aromatic heterocycles. The largest absolute Gasteiger partial charge is 0.368 e. The topological polar surface area (TPSA) is 130 Å². The number of rotatable bonds is 8. The van der Waals surface area contributed by atoms with Gasteiger partial charge >= 0.3 is 0 Å². The fourth-order valence-corrected chi connectivity index (χ4v) is 4.87. The second-order valence-corrected chi connectivity index (χ2v) is 10.1. The van der Waals surface area contributed by atoms with E-state index in [2.05, 4.69) is 20.0 Å². The Hall–Kier alpha value is -3.73. The number of carbonyl (C=O) groups excluding carboxylic acids is 1. The molecule has 0 saturated heterocycles. The molecule has 4 N–H and O–H groups in total. The Bertz CT molecular complexity index is 1510. The molecule has 1 atom stereocenters. The van der Waals surface area contributed by atoms with Crippen LogP contribution in [-0.2, 0) is 14.8 Å². The summed E-state index contributed by atoms with van der Waals surface area (Å²) in [5.74, 6) is -0.381. The second-order valence-electron chi connectivity index (χ2n) is 7.99. The third kappa shape index (κ3) is 5.51. The normalized spacial score (nSPS) is 12.5. The number of nitrogens with two attached hydrogens (primary N) is 1. The predicted molar refractivity (Wildman–Crippen MR) is 137 cm³/mol. The molecular weight excluding hydrogens is 488 g/mol. The van der Waals surface area contributed by atoms with E-state index in [0.717, 1.165) is 0 Å². The summed E-state index contributed by atoms with van der Waals surface area (Å²) in [6, 6.07) is 19.3. The summed E-state index contributed by atoms with van der Waals surface area (Å²) in [5.41, 5.74) is 7.68. The number of benzene rings is 3. The third-order valence-electron chi connectivity index (χ3n) is 5.16. The maximum Gasteiger partial charge on any atom is 0.263 e. The Labute approximate surface area is 208 Å². The lowest BCUT2D eigenvalue weighted by atomic mass is 10.1. The fourth-order valence-electron chi connectivity index (χ4n) is 3.62. The van der Waals surface area contributed by atoms with Gasteiger partial charge in [-0.05, 0) is 62.1 Å². The summed E-state index contributed by atoms with van der Waals surface area (Å²) in [6.07, 6.45) is 0. The number of hydrogen-bond donors (Lipinski definition) is 3. The lowest BCUT2D eigenvalue weighted by Gasteiger charge is -2.22. The Balaban J connectivity index is 1.75. The molecule has 35 heavy (non-hydrogen) atoms. The minimum Gasteiger partial charge on any atom is -0.368 e. The molecule has 1 amide bonds. The minimum absolute atomic E-state index is 0.00754. The maximum absolute atomic E-state index is 13.4. The minimum atomic E-state index is -4.10. The predicted octanol–water partition coefficient (Wildman–Crippen LogP) is 3.92. The average molecular weight is 511 g/mol. The van der Waals surface area contributed by atoms with Crippen molar-refractivity contribution in [2.24, 2.45) is 5.73 Å². The van der Waals surface area contributed by atoms with Crippen molar-refractivity contribution in [1.82, 2.24) is 14.9 Å². The van der Waals surface area contributed by atoms with Gasteiger partial charge in [0, 0.05) is 10.7 Å². The lowest BCUT2D eigenvalue weighted by molar-refractivity contribution is -0.122. The number of hydrogen-bond acceptors (Lipinski definition) is 7. The summed E-state index contributed by atoms with van der Waals surface area (Å²) in [4.78, 5) is 22.6. The van der Waals surface area contributed by atoms with E-state index in [-0.39, 0.29) is 16.5 Å². The van der Waals surface area contributed by atoms with Crippen molar-refractivity contribution in [3.63, 3.8) is 0 Å². The highest BCUT2D eigenvalue weighted by molar-refractivity contribution is 7.92. The number of likely N-dealkylation sites (N-methyl/N-ethyl adjacent to an activating group) is 1. The molecule has 9 nitrogen and oxygen atoms in total. The van der Waals surface area contributed by atoms with Crippen LogP contribution in [0.25, 0.3) is 11.0 Å². The Morgan fingerprint density at radius 2 is 1.60 bits per heavy atom. The molecule has 0 aliphatic rings. The molecule has 180 valence electrons. The number of nitrogens with zero attached hydrogens (tertiary/aromatic N) is 3. The molecule has 0 aliphatic carbocycles. The van der Waals surface area contributed by atoms with Crippen molar-refractivity contribution in [2.75, 3.05) is 24.1 Å². The van der Waals surface area contributed by atoms with E-state index >= 15 is 0 Å². The van der Waals surface area contributed by atoms with Crippen molar-refractivity contribution in [1.29, 1.82) is 0 Å². The first kappa shape index (κ1) is 24.4. The zero-order valence-electron chi connectivity index (χ0n) is 18.9. The van der Waals surface area contributed by atoms with Crippen LogP contribution in [0.5, 0.6) is 0 Å². The molecule has 0 saturated carbocycles. The van der Waals surface area contributed by atoms with Crippen molar-refractivity contribution in [3.05, 3.63) is 83.4 Å². The number of para-hydroxylation sites is 2. The van der Waals surface area contributed by atoms with Gasteiger partial charge in [0.25, 0.3) is 10.0 Å². The van der Waals surface area contributed by atoms with Crippen LogP contribution >= 0.6 is 11.6 Å². The number of carbonyl (C=O) groups is 1. The molecule has 1 unspecified atom stereocenters. The molecule has 0 bridgehead atoms. The number of fused-ring (bicyclic) bond motifs is 1. The monoisotopic (exact) mass is 510 g/mol. The van der Waals surface area contributed by atoms with Gasteiger partial charge < -0.3 is 11.1 Å². The van der Waals surface area contributed by atoms with Gasteiger partial charge in [-0.25, -0.2) is 18.4 Å². The lowest BCUT2D eigenvalue weighted by Crippen LogP contribution is -2.32. The van der Waals surface area contributed by atoms with Crippen molar-refractivity contribution in [3.8, 4) is 0 Å². The highest BCUT2D eigenvalue weighted by Crippen LogP contribution is 2.29. The third-order valence-corrected chi connectivity index (χ3v) is 6.73. The first-order valence-electron chi connectivity index (χ1n) is 10.5. The van der Waals surface area contributed by atoms with Gasteiger partial charge in [-0.15, -0.1) is 0 Å². The van der Waals surface area contributed by atoms with Crippen molar-refractivity contribution >= 4 is 55.9 Å². The highest BCUT2D eigenvalue weighted by Gasteiger charge is 2.24. The standard InChI is InChI=1S/C24H23ClN6O3S/c1-31(2)21(22(26)32)15-7-5-10-18(13-15)35(33,34)30-24-23(27-17-9-6-8-16(25)14-17)28-19-11-3-4-12-20(19)29-24/h3-14,21H,1-2H3,(H2,26,32)(H,27,28)(H,29,30). The second kappa shape index (κ2) is 9.87. The van der Waals surface area contributed by atoms with E-state index in [9.17, 15) is 13.2 Å². The maximum atomic E-state index is 13.4. The van der Waals surface area contributed by atoms with Crippen LogP contribution in [0.2, 0.25) is 5.02 Å². The number of anilines is 3. The SMILES string of the molecule is CN(C)C(C(N)=O)c1cccc(S(=O)(=O)Nc2nc3ccccc3nc2Nc2cccc(Cl)c2)c1. The average Bonchev–Trinajstić information content (AvgIpc) is 2.79. The van der Waals surface area contributed by atoms with Crippen LogP contribution in [0, 0.1) is 0 Å². The van der Waals surface area contributed by atoms with E-state index in [0.29, 0.717) is 27.3 Å². The number of sulfonamides is 1. The quantitative estimate of drug-likeness (QED) is 0.327. The fraction of sp³-hybridized carbons (Fsp3) is 0.125. The van der Waals surface area contributed by atoms with E-state index < -0.39 is 22.0 Å². The Kier molecular flexibility index (Phi) is 6.88. The zero-order chi connectivity index (χ0) is 25.2. The zero-order valence-corrected chi connectivity index (χ0v) is 20.5. The van der Waals surface area contributed by atoms with Crippen LogP contribution in [0.3, 0.4) is 0 Å². The van der Waals surface area contributed by atoms with Gasteiger partial charge in [0.2, 0.25) is 5.91 Å².